The van der Waals surface area contributed by atoms with Crippen LogP contribution in [0.3, 0.4) is 0 Å². The highest BCUT2D eigenvalue weighted by molar-refractivity contribution is 5.83. The highest BCUT2D eigenvalue weighted by Crippen LogP contribution is 2.44. The van der Waals surface area contributed by atoms with Crippen LogP contribution in [0.25, 0.3) is 11.0 Å². The molecule has 0 bridgehead atoms. The molecule has 0 radical (unpaired) electrons. The maximum atomic E-state index is 13.2. The fourth-order valence-corrected chi connectivity index (χ4v) is 6.47. The van der Waals surface area contributed by atoms with E-state index in [0.29, 0.717) is 24.3 Å². The largest absolute Gasteiger partial charge is 0.484 e. The molecule has 1 N–H and O–H groups in total. The summed E-state index contributed by atoms with van der Waals surface area (Å²) in [5, 5.41) is 12.2. The minimum absolute atomic E-state index is 0.0285. The van der Waals surface area contributed by atoms with Crippen molar-refractivity contribution in [2.24, 2.45) is 5.92 Å². The van der Waals surface area contributed by atoms with E-state index in [4.69, 9.17) is 9.15 Å². The topological polar surface area (TPSA) is 80.0 Å². The molecule has 2 aliphatic carbocycles. The van der Waals surface area contributed by atoms with Gasteiger partial charge in [-0.25, -0.2) is 4.79 Å². The Labute approximate surface area is 194 Å². The van der Waals surface area contributed by atoms with Crippen LogP contribution in [0, 0.1) is 5.92 Å². The Bertz CT molecular complexity index is 1090. The number of nitrogens with zero attached hydrogens (tertiary/aromatic N) is 1. The SMILES string of the molecule is CCCC[C@@H]1[C@H]2CCCC[C@]2(O)CCN1C(=O)COc1ccc2c3c(c(=O)oc2c1)CCC3. The number of aryl methyl sites for hydroxylation is 1. The third-order valence-electron chi connectivity index (χ3n) is 8.20. The standard InChI is InChI=1S/C27H35NO5/c1-2-3-10-23-22-9-4-5-13-27(22,31)14-15-28(23)25(29)17-32-18-11-12-20-19-7-6-8-21(19)26(30)33-24(20)16-18/h11-12,16,22-23,31H,2-10,13-15,17H2,1H3/t22-,23-,27+/m1/s1. The Hall–Kier alpha value is -2.34. The van der Waals surface area contributed by atoms with Gasteiger partial charge in [0.2, 0.25) is 0 Å². The molecule has 0 spiro atoms. The highest BCUT2D eigenvalue weighted by atomic mass is 16.5. The second-order valence-electron chi connectivity index (χ2n) is 10.1. The van der Waals surface area contributed by atoms with Gasteiger partial charge < -0.3 is 19.2 Å². The molecule has 1 aromatic heterocycles. The number of aliphatic hydroxyl groups is 1. The second kappa shape index (κ2) is 9.13. The number of ether oxygens (including phenoxy) is 1. The minimum Gasteiger partial charge on any atom is -0.484 e. The van der Waals surface area contributed by atoms with Crippen LogP contribution in [-0.2, 0) is 17.6 Å². The highest BCUT2D eigenvalue weighted by Gasteiger charge is 2.49. The number of likely N-dealkylation sites (tertiary alicyclic amines) is 1. The molecule has 2 aromatic rings. The van der Waals surface area contributed by atoms with Crippen LogP contribution < -0.4 is 10.4 Å². The second-order valence-corrected chi connectivity index (χ2v) is 10.1. The normalized spacial score (nSPS) is 26.8. The third kappa shape index (κ3) is 4.18. The van der Waals surface area contributed by atoms with Crippen molar-refractivity contribution in [2.75, 3.05) is 13.2 Å². The van der Waals surface area contributed by atoms with Crippen molar-refractivity contribution in [3.63, 3.8) is 0 Å². The summed E-state index contributed by atoms with van der Waals surface area (Å²) in [5.41, 5.74) is 1.55. The van der Waals surface area contributed by atoms with E-state index < -0.39 is 5.60 Å². The van der Waals surface area contributed by atoms with E-state index in [1.54, 1.807) is 6.07 Å². The molecule has 1 aliphatic heterocycles. The Morgan fingerprint density at radius 2 is 2.06 bits per heavy atom. The summed E-state index contributed by atoms with van der Waals surface area (Å²) in [6, 6.07) is 5.61. The number of benzene rings is 1. The van der Waals surface area contributed by atoms with Gasteiger partial charge >= 0.3 is 5.63 Å². The summed E-state index contributed by atoms with van der Waals surface area (Å²) < 4.78 is 11.4. The first kappa shape index (κ1) is 22.5. The molecule has 3 aliphatic rings. The lowest BCUT2D eigenvalue weighted by molar-refractivity contribution is -0.157. The molecule has 0 unspecified atom stereocenters. The Kier molecular flexibility index (Phi) is 6.21. The summed E-state index contributed by atoms with van der Waals surface area (Å²) >= 11 is 0. The lowest BCUT2D eigenvalue weighted by Gasteiger charge is -2.52. The maximum Gasteiger partial charge on any atom is 0.339 e. The first-order valence-electron chi connectivity index (χ1n) is 12.7. The van der Waals surface area contributed by atoms with Crippen molar-refractivity contribution in [1.82, 2.24) is 4.90 Å². The zero-order valence-corrected chi connectivity index (χ0v) is 19.6. The molecule has 1 amide bonds. The summed E-state index contributed by atoms with van der Waals surface area (Å²) in [7, 11) is 0. The average Bonchev–Trinajstić information content (AvgIpc) is 3.31. The van der Waals surface area contributed by atoms with Crippen molar-refractivity contribution in [3.05, 3.63) is 39.7 Å². The predicted octanol–water partition coefficient (Wildman–Crippen LogP) is 4.37. The van der Waals surface area contributed by atoms with Gasteiger partial charge in [0.15, 0.2) is 6.61 Å². The number of hydrogen-bond donors (Lipinski definition) is 1. The van der Waals surface area contributed by atoms with Crippen molar-refractivity contribution < 1.29 is 19.1 Å². The first-order chi connectivity index (χ1) is 16.0. The lowest BCUT2D eigenvalue weighted by Crippen LogP contribution is -2.61. The van der Waals surface area contributed by atoms with E-state index in [-0.39, 0.29) is 30.1 Å². The van der Waals surface area contributed by atoms with Gasteiger partial charge in [0, 0.05) is 35.5 Å². The van der Waals surface area contributed by atoms with Crippen molar-refractivity contribution in [3.8, 4) is 5.75 Å². The number of unbranched alkanes of at least 4 members (excludes halogenated alkanes) is 1. The summed E-state index contributed by atoms with van der Waals surface area (Å²) in [6.07, 6.45) is 10.4. The van der Waals surface area contributed by atoms with Crippen LogP contribution in [0.1, 0.15) is 75.8 Å². The quantitative estimate of drug-likeness (QED) is 0.657. The molecular weight excluding hydrogens is 418 g/mol. The van der Waals surface area contributed by atoms with Crippen LogP contribution in [0.4, 0.5) is 0 Å². The van der Waals surface area contributed by atoms with E-state index in [2.05, 4.69) is 6.92 Å². The van der Waals surface area contributed by atoms with Gasteiger partial charge in [-0.15, -0.1) is 0 Å². The Balaban J connectivity index is 1.31. The van der Waals surface area contributed by atoms with E-state index in [1.807, 2.05) is 17.0 Å². The molecule has 6 heteroatoms. The van der Waals surface area contributed by atoms with Gasteiger partial charge in [-0.3, -0.25) is 4.79 Å². The van der Waals surface area contributed by atoms with Gasteiger partial charge in [0.05, 0.1) is 5.60 Å². The lowest BCUT2D eigenvalue weighted by atomic mass is 9.66. The molecule has 6 nitrogen and oxygen atoms in total. The van der Waals surface area contributed by atoms with Gasteiger partial charge in [-0.05, 0) is 62.6 Å². The van der Waals surface area contributed by atoms with Gasteiger partial charge in [0.25, 0.3) is 5.91 Å². The van der Waals surface area contributed by atoms with Gasteiger partial charge in [-0.1, -0.05) is 32.6 Å². The molecule has 2 heterocycles. The number of carbonyl (C=O) groups is 1. The molecule has 178 valence electrons. The molecule has 33 heavy (non-hydrogen) atoms. The first-order valence-corrected chi connectivity index (χ1v) is 12.7. The minimum atomic E-state index is -0.621. The monoisotopic (exact) mass is 453 g/mol. The summed E-state index contributed by atoms with van der Waals surface area (Å²) in [6.45, 7) is 2.70. The number of carbonyl (C=O) groups excluding carboxylic acids is 1. The van der Waals surface area contributed by atoms with Crippen molar-refractivity contribution in [1.29, 1.82) is 0 Å². The van der Waals surface area contributed by atoms with Crippen LogP contribution in [0.2, 0.25) is 0 Å². The smallest absolute Gasteiger partial charge is 0.339 e. The molecule has 3 atom stereocenters. The van der Waals surface area contributed by atoms with E-state index in [0.717, 1.165) is 80.7 Å². The molecule has 1 saturated carbocycles. The van der Waals surface area contributed by atoms with Crippen LogP contribution >= 0.6 is 0 Å². The summed E-state index contributed by atoms with van der Waals surface area (Å²) in [5.74, 6) is 0.667. The zero-order valence-electron chi connectivity index (χ0n) is 19.6. The van der Waals surface area contributed by atoms with Gasteiger partial charge in [-0.2, -0.15) is 0 Å². The predicted molar refractivity (Wildman–Crippen MR) is 127 cm³/mol. The Morgan fingerprint density at radius 1 is 1.21 bits per heavy atom. The van der Waals surface area contributed by atoms with Crippen LogP contribution in [-0.4, -0.2) is 40.7 Å². The van der Waals surface area contributed by atoms with E-state index in [9.17, 15) is 14.7 Å². The molecule has 1 aromatic carbocycles. The summed E-state index contributed by atoms with van der Waals surface area (Å²) in [4.78, 5) is 27.5. The average molecular weight is 454 g/mol. The molecule has 1 saturated heterocycles. The zero-order chi connectivity index (χ0) is 23.0. The maximum absolute atomic E-state index is 13.2. The van der Waals surface area contributed by atoms with Crippen LogP contribution in [0.15, 0.2) is 27.4 Å². The number of amides is 1. The molecular formula is C27H35NO5. The number of hydrogen-bond acceptors (Lipinski definition) is 5. The molecule has 5 rings (SSSR count). The third-order valence-corrected chi connectivity index (χ3v) is 8.20. The van der Waals surface area contributed by atoms with Crippen LogP contribution in [0.5, 0.6) is 5.75 Å². The Morgan fingerprint density at radius 3 is 2.91 bits per heavy atom. The number of piperidine rings is 1. The number of fused-ring (bicyclic) bond motifs is 4. The van der Waals surface area contributed by atoms with Crippen molar-refractivity contribution >= 4 is 16.9 Å². The molecule has 2 fully saturated rings. The fourth-order valence-electron chi connectivity index (χ4n) is 6.47. The van der Waals surface area contributed by atoms with E-state index >= 15 is 0 Å². The van der Waals surface area contributed by atoms with Gasteiger partial charge in [0.1, 0.15) is 11.3 Å². The fraction of sp³-hybridized carbons (Fsp3) is 0.630. The number of rotatable bonds is 6. The van der Waals surface area contributed by atoms with Crippen molar-refractivity contribution in [2.45, 2.75) is 89.2 Å². The van der Waals surface area contributed by atoms with E-state index in [1.165, 1.54) is 0 Å².